The fraction of sp³-hybridized carbons (Fsp3) is 0.646. The van der Waals surface area contributed by atoms with Crippen LogP contribution in [-0.4, -0.2) is 91.8 Å². The summed E-state index contributed by atoms with van der Waals surface area (Å²) in [5, 5.41) is 0. The summed E-state index contributed by atoms with van der Waals surface area (Å²) >= 11 is -3.23. The molecule has 446 valence electrons. The average Bonchev–Trinajstić information content (AvgIpc) is 4.29. The van der Waals surface area contributed by atoms with Crippen LogP contribution in [0.2, 0.25) is 0 Å². The van der Waals surface area contributed by atoms with E-state index in [1.807, 2.05) is 69.9 Å². The van der Waals surface area contributed by atoms with Crippen molar-refractivity contribution in [2.45, 2.75) is 269 Å². The van der Waals surface area contributed by atoms with Crippen molar-refractivity contribution in [3.63, 3.8) is 0 Å². The van der Waals surface area contributed by atoms with Gasteiger partial charge in [0.05, 0.1) is 17.0 Å². The molecule has 0 saturated heterocycles. The van der Waals surface area contributed by atoms with E-state index in [0.717, 1.165) is 23.2 Å². The van der Waals surface area contributed by atoms with Crippen LogP contribution in [0.25, 0.3) is 0 Å². The molecular formula is C65H105Cl4N6PRu2-2. The van der Waals surface area contributed by atoms with Gasteiger partial charge in [-0.15, -0.1) is 0 Å². The summed E-state index contributed by atoms with van der Waals surface area (Å²) in [5.41, 5.74) is 5.91. The summed E-state index contributed by atoms with van der Waals surface area (Å²) in [6.45, 7) is 24.2. The first-order valence-electron chi connectivity index (χ1n) is 30.6. The minimum atomic E-state index is -1.61. The van der Waals surface area contributed by atoms with Crippen molar-refractivity contribution in [3.05, 3.63) is 129 Å². The second-order valence-electron chi connectivity index (χ2n) is 23.8. The third-order valence-corrected chi connectivity index (χ3v) is 24.9. The molecule has 0 radical (unpaired) electrons. The Morgan fingerprint density at radius 1 is 0.372 bits per heavy atom. The predicted octanol–water partition coefficient (Wildman–Crippen LogP) is 19.6. The molecule has 0 N–H and O–H groups in total. The van der Waals surface area contributed by atoms with Crippen LogP contribution in [-0.2, 0) is 27.0 Å². The van der Waals surface area contributed by atoms with Gasteiger partial charge in [-0.3, -0.25) is 0 Å². The number of rotatable bonds is 11. The molecule has 5 aliphatic carbocycles. The zero-order valence-electron chi connectivity index (χ0n) is 49.4. The number of halogens is 4. The van der Waals surface area contributed by atoms with Gasteiger partial charge in [-0.2, -0.15) is 20.0 Å². The monoisotopic (exact) mass is 1340 g/mol. The van der Waals surface area contributed by atoms with Gasteiger partial charge in [0.1, 0.15) is 0 Å². The molecule has 0 aromatic heterocycles. The topological polar surface area (TPSA) is 19.4 Å². The molecule has 0 spiro atoms. The number of hydrogen-bond donors (Lipinski definition) is 0. The molecule has 0 amide bonds. The van der Waals surface area contributed by atoms with Gasteiger partial charge in [-0.1, -0.05) is 57.8 Å². The van der Waals surface area contributed by atoms with Crippen molar-refractivity contribution < 1.29 is 27.0 Å². The van der Waals surface area contributed by atoms with Gasteiger partial charge in [0, 0.05) is 20.0 Å². The van der Waals surface area contributed by atoms with Crippen LogP contribution in [0.4, 0.5) is 0 Å². The van der Waals surface area contributed by atoms with Crippen LogP contribution < -0.4 is 0 Å². The van der Waals surface area contributed by atoms with Crippen LogP contribution in [0.1, 0.15) is 227 Å². The van der Waals surface area contributed by atoms with Crippen LogP contribution in [0.5, 0.6) is 0 Å². The van der Waals surface area contributed by atoms with Crippen molar-refractivity contribution in [2.24, 2.45) is 0 Å². The molecule has 2 aromatic rings. The molecule has 0 unspecified atom stereocenters. The standard InChI is InChI=1S/C18H33P.C15H25N2.2C9H17N2.2C7H6.4ClH.2Ru/c1-4-10-16(11-5-1)19(17-12-6-2-7-13-17)18-14-8-3-9-15-18;1-3-7-14(8-4-1)16-11-12-17(13-16)15-9-5-2-6-10-15;2*1-8(2)10-5-6-11(7-10)9(3)4;2*1-7-5-3-2-4-6-7;;;;;;/h16-18H,1-15H2;11-15H,1-10H2;2*5-9H,1-4H3;2*1-6H;4*1H;;/q;3*-1;;;;;;;2*+2/p-3. The number of hydrogen-bond acceptors (Lipinski definition) is 6. The van der Waals surface area contributed by atoms with Crippen LogP contribution in [0.15, 0.2) is 97.9 Å². The molecule has 3 aliphatic heterocycles. The number of nitrogens with zero attached hydrogens (tertiary/aromatic N) is 6. The Bertz CT molecular complexity index is 1830. The Morgan fingerprint density at radius 2 is 0.628 bits per heavy atom. The van der Waals surface area contributed by atoms with E-state index in [2.05, 4.69) is 142 Å². The molecular weight excluding hydrogens is 1240 g/mol. The van der Waals surface area contributed by atoms with Crippen molar-refractivity contribution in [2.75, 3.05) is 0 Å². The fourth-order valence-electron chi connectivity index (χ4n) is 12.1. The van der Waals surface area contributed by atoms with E-state index < -0.39 is 27.0 Å². The molecule has 0 bridgehead atoms. The third-order valence-electron chi connectivity index (χ3n) is 16.6. The molecule has 13 heteroatoms. The Morgan fingerprint density at radius 3 is 0.859 bits per heavy atom. The average molecular weight is 1350 g/mol. The van der Waals surface area contributed by atoms with E-state index in [0.29, 0.717) is 24.2 Å². The quantitative estimate of drug-likeness (QED) is 0.126. The van der Waals surface area contributed by atoms with E-state index in [-0.39, 0.29) is 7.92 Å². The zero-order valence-corrected chi connectivity index (χ0v) is 56.9. The first kappa shape index (κ1) is 67.8. The molecule has 6 nitrogen and oxygen atoms in total. The molecule has 78 heavy (non-hydrogen) atoms. The van der Waals surface area contributed by atoms with E-state index in [4.69, 9.17) is 38.8 Å². The Labute approximate surface area is 506 Å². The van der Waals surface area contributed by atoms with Crippen molar-refractivity contribution in [1.82, 2.24) is 29.4 Å². The van der Waals surface area contributed by atoms with Crippen LogP contribution in [0, 0.1) is 20.0 Å². The maximum atomic E-state index is 5.67. The minimum absolute atomic E-state index is 0.0465. The van der Waals surface area contributed by atoms with Gasteiger partial charge in [-0.25, -0.2) is 0 Å². The summed E-state index contributed by atoms with van der Waals surface area (Å²) in [6, 6.07) is 23.6. The summed E-state index contributed by atoms with van der Waals surface area (Å²) in [7, 11) is 22.6. The second kappa shape index (κ2) is 38.8. The van der Waals surface area contributed by atoms with Crippen molar-refractivity contribution in [1.29, 1.82) is 0 Å². The zero-order chi connectivity index (χ0) is 56.1. The summed E-state index contributed by atoms with van der Waals surface area (Å²) in [6.07, 6.45) is 51.0. The van der Waals surface area contributed by atoms with Crippen LogP contribution >= 0.6 is 46.7 Å². The second-order valence-corrected chi connectivity index (χ2v) is 38.7. The first-order chi connectivity index (χ1) is 37.7. The van der Waals surface area contributed by atoms with Gasteiger partial charge in [0.25, 0.3) is 0 Å². The summed E-state index contributed by atoms with van der Waals surface area (Å²) in [5.74, 6) is 0. The van der Waals surface area contributed by atoms with E-state index in [1.165, 1.54) is 81.2 Å². The molecule has 8 aliphatic rings. The summed E-state index contributed by atoms with van der Waals surface area (Å²) < 4.78 is 3.85. The SMILES string of the molecule is C1=CN(C2CCCCC2)[CH-]N1C1CCCCC1.C1CCC([PH+](C2CCCCC2)C2CCCCC2)CC1.CC(C)N1C=CN(C(C)C)[CH-]1.CC(C)N1C=CN(C(C)C)[CH-]1.[Cl][Ru]([Cl])=[CH]c1ccccc1.[Cl][Ru]([Cl])=[CH]c1ccccc1. The van der Waals surface area contributed by atoms with Gasteiger partial charge >= 0.3 is 147 Å². The molecule has 0 atom stereocenters. The Hall–Kier alpha value is -0.963. The Kier molecular flexibility index (Phi) is 33.7. The predicted molar refractivity (Wildman–Crippen MR) is 341 cm³/mol. The van der Waals surface area contributed by atoms with Gasteiger partial charge in [0.2, 0.25) is 0 Å². The van der Waals surface area contributed by atoms with E-state index in [9.17, 15) is 0 Å². The van der Waals surface area contributed by atoms with Gasteiger partial charge in [0.15, 0.2) is 0 Å². The van der Waals surface area contributed by atoms with Crippen LogP contribution in [0.3, 0.4) is 0 Å². The normalized spacial score (nSPS) is 20.9. The molecule has 10 rings (SSSR count). The van der Waals surface area contributed by atoms with E-state index in [1.54, 1.807) is 96.3 Å². The molecule has 5 saturated carbocycles. The molecule has 5 fully saturated rings. The third kappa shape index (κ3) is 25.9. The molecule has 3 heterocycles. The fourth-order valence-corrected chi connectivity index (χ4v) is 21.0. The summed E-state index contributed by atoms with van der Waals surface area (Å²) in [4.78, 5) is 13.8. The van der Waals surface area contributed by atoms with Crippen molar-refractivity contribution >= 4 is 55.9 Å². The van der Waals surface area contributed by atoms with E-state index >= 15 is 0 Å². The van der Waals surface area contributed by atoms with Gasteiger partial charge < -0.3 is 29.4 Å². The molecule has 2 aromatic carbocycles. The first-order valence-corrected chi connectivity index (χ1v) is 43.2. The maximum absolute atomic E-state index is 5.67. The van der Waals surface area contributed by atoms with Gasteiger partial charge in [-0.05, 0) is 219 Å². The number of benzene rings is 2. The van der Waals surface area contributed by atoms with Crippen molar-refractivity contribution in [3.8, 4) is 0 Å². The Balaban J connectivity index is 0.000000176.